The second-order valence-electron chi connectivity index (χ2n) is 6.30. The van der Waals surface area contributed by atoms with E-state index < -0.39 is 11.7 Å². The van der Waals surface area contributed by atoms with E-state index in [9.17, 15) is 18.0 Å². The molecule has 0 unspecified atom stereocenters. The van der Waals surface area contributed by atoms with Gasteiger partial charge in [-0.2, -0.15) is 13.2 Å². The molecule has 26 heavy (non-hydrogen) atoms. The number of rotatable bonds is 4. The van der Waals surface area contributed by atoms with Crippen molar-refractivity contribution in [3.05, 3.63) is 83.4 Å². The van der Waals surface area contributed by atoms with Crippen molar-refractivity contribution >= 4 is 16.7 Å². The Kier molecular flexibility index (Phi) is 4.98. The molecule has 0 heterocycles. The van der Waals surface area contributed by atoms with Gasteiger partial charge in [-0.05, 0) is 34.0 Å². The highest BCUT2D eigenvalue weighted by Crippen LogP contribution is 2.29. The number of amides is 1. The van der Waals surface area contributed by atoms with Crippen LogP contribution >= 0.6 is 0 Å². The molecule has 0 spiro atoms. The predicted octanol–water partition coefficient (Wildman–Crippen LogP) is 5.06. The summed E-state index contributed by atoms with van der Waals surface area (Å²) in [6, 6.07) is 18.7. The van der Waals surface area contributed by atoms with Gasteiger partial charge >= 0.3 is 6.18 Å². The van der Waals surface area contributed by atoms with Crippen LogP contribution in [0.2, 0.25) is 0 Å². The van der Waals surface area contributed by atoms with Crippen LogP contribution in [0.3, 0.4) is 0 Å². The third kappa shape index (κ3) is 4.23. The van der Waals surface area contributed by atoms with E-state index in [0.717, 1.165) is 28.5 Å². The topological polar surface area (TPSA) is 20.3 Å². The lowest BCUT2D eigenvalue weighted by Crippen LogP contribution is -2.27. The van der Waals surface area contributed by atoms with Crippen LogP contribution in [0.1, 0.15) is 16.7 Å². The van der Waals surface area contributed by atoms with Crippen molar-refractivity contribution in [3.8, 4) is 0 Å². The first kappa shape index (κ1) is 18.0. The lowest BCUT2D eigenvalue weighted by molar-refractivity contribution is -0.137. The van der Waals surface area contributed by atoms with E-state index in [2.05, 4.69) is 0 Å². The maximum absolute atomic E-state index is 12.6. The summed E-state index contributed by atoms with van der Waals surface area (Å²) in [7, 11) is 1.65. The number of likely N-dealkylation sites (N-methyl/N-ethyl adjacent to an activating group) is 1. The van der Waals surface area contributed by atoms with Crippen LogP contribution in [0.15, 0.2) is 66.7 Å². The molecule has 0 radical (unpaired) electrons. The highest BCUT2D eigenvalue weighted by molar-refractivity contribution is 5.85. The molecule has 0 N–H and O–H groups in total. The van der Waals surface area contributed by atoms with E-state index in [1.807, 2.05) is 42.5 Å². The molecule has 0 aliphatic carbocycles. The van der Waals surface area contributed by atoms with Crippen molar-refractivity contribution in [3.63, 3.8) is 0 Å². The number of halogens is 3. The van der Waals surface area contributed by atoms with Crippen molar-refractivity contribution in [1.29, 1.82) is 0 Å². The zero-order valence-electron chi connectivity index (χ0n) is 14.3. The van der Waals surface area contributed by atoms with Crippen molar-refractivity contribution in [1.82, 2.24) is 4.90 Å². The van der Waals surface area contributed by atoms with Crippen LogP contribution in [0.4, 0.5) is 13.2 Å². The van der Waals surface area contributed by atoms with Gasteiger partial charge in [0.05, 0.1) is 12.0 Å². The number of nitrogens with zero attached hydrogens (tertiary/aromatic N) is 1. The van der Waals surface area contributed by atoms with E-state index in [4.69, 9.17) is 0 Å². The predicted molar refractivity (Wildman–Crippen MR) is 95.6 cm³/mol. The van der Waals surface area contributed by atoms with E-state index in [1.54, 1.807) is 7.05 Å². The Morgan fingerprint density at radius 2 is 1.50 bits per heavy atom. The second kappa shape index (κ2) is 7.20. The first-order valence-electron chi connectivity index (χ1n) is 8.21. The molecule has 134 valence electrons. The first-order valence-corrected chi connectivity index (χ1v) is 8.21. The van der Waals surface area contributed by atoms with Crippen LogP contribution in [0.25, 0.3) is 10.8 Å². The third-order valence-electron chi connectivity index (χ3n) is 4.30. The summed E-state index contributed by atoms with van der Waals surface area (Å²) < 4.78 is 37.8. The number of benzene rings is 3. The van der Waals surface area contributed by atoms with Crippen LogP contribution < -0.4 is 0 Å². The minimum atomic E-state index is -4.35. The molecule has 5 heteroatoms. The minimum absolute atomic E-state index is 0.0832. The lowest BCUT2D eigenvalue weighted by Gasteiger charge is -2.18. The summed E-state index contributed by atoms with van der Waals surface area (Å²) in [6.45, 7) is 0.268. The smallest absolute Gasteiger partial charge is 0.341 e. The van der Waals surface area contributed by atoms with Gasteiger partial charge in [0.25, 0.3) is 0 Å². The number of alkyl halides is 3. The summed E-state index contributed by atoms with van der Waals surface area (Å²) >= 11 is 0. The molecular formula is C21H18F3NO. The Labute approximate surface area is 149 Å². The largest absolute Gasteiger partial charge is 0.416 e. The molecule has 0 saturated carbocycles. The highest BCUT2D eigenvalue weighted by atomic mass is 19.4. The average molecular weight is 357 g/mol. The minimum Gasteiger partial charge on any atom is -0.341 e. The van der Waals surface area contributed by atoms with Gasteiger partial charge in [0.15, 0.2) is 0 Å². The molecule has 0 aromatic heterocycles. The van der Waals surface area contributed by atoms with Gasteiger partial charge in [0.2, 0.25) is 5.91 Å². The highest BCUT2D eigenvalue weighted by Gasteiger charge is 2.29. The number of hydrogen-bond donors (Lipinski definition) is 0. The van der Waals surface area contributed by atoms with Gasteiger partial charge in [-0.15, -0.1) is 0 Å². The number of carbonyl (C=O) groups excluding carboxylic acids is 1. The Balaban J connectivity index is 1.65. The fraction of sp³-hybridized carbons (Fsp3) is 0.190. The fourth-order valence-electron chi connectivity index (χ4n) is 2.82. The molecule has 0 saturated heterocycles. The van der Waals surface area contributed by atoms with Crippen LogP contribution in [-0.4, -0.2) is 17.9 Å². The Morgan fingerprint density at radius 1 is 0.885 bits per heavy atom. The Hall–Kier alpha value is -2.82. The van der Waals surface area contributed by atoms with Crippen molar-refractivity contribution in [2.45, 2.75) is 19.1 Å². The van der Waals surface area contributed by atoms with E-state index in [-0.39, 0.29) is 18.9 Å². The lowest BCUT2D eigenvalue weighted by atomic mass is 10.0. The van der Waals surface area contributed by atoms with Gasteiger partial charge < -0.3 is 4.90 Å². The zero-order valence-corrected chi connectivity index (χ0v) is 14.3. The Morgan fingerprint density at radius 3 is 2.15 bits per heavy atom. The fourth-order valence-corrected chi connectivity index (χ4v) is 2.82. The normalized spacial score (nSPS) is 11.5. The van der Waals surface area contributed by atoms with Gasteiger partial charge in [-0.25, -0.2) is 0 Å². The summed E-state index contributed by atoms with van der Waals surface area (Å²) in [5.74, 6) is -0.0832. The average Bonchev–Trinajstić information content (AvgIpc) is 2.61. The van der Waals surface area contributed by atoms with Crippen LogP contribution in [0, 0.1) is 0 Å². The molecule has 0 fully saturated rings. The van der Waals surface area contributed by atoms with Crippen LogP contribution in [-0.2, 0) is 23.9 Å². The molecule has 0 aliphatic rings. The summed E-state index contributed by atoms with van der Waals surface area (Å²) in [6.07, 6.45) is -4.10. The van der Waals surface area contributed by atoms with E-state index >= 15 is 0 Å². The third-order valence-corrected chi connectivity index (χ3v) is 4.30. The summed E-state index contributed by atoms with van der Waals surface area (Å²) in [5.41, 5.74) is 0.881. The van der Waals surface area contributed by atoms with Crippen molar-refractivity contribution < 1.29 is 18.0 Å². The number of fused-ring (bicyclic) bond motifs is 1. The molecule has 3 aromatic carbocycles. The molecule has 1 amide bonds. The standard InChI is InChI=1S/C21H18F3NO/c1-25(14-15-7-10-19(11-8-15)21(22,23)24)20(26)13-16-6-9-17-4-2-3-5-18(17)12-16/h2-12H,13-14H2,1H3. The van der Waals surface area contributed by atoms with E-state index in [1.165, 1.54) is 17.0 Å². The summed E-state index contributed by atoms with van der Waals surface area (Å²) in [4.78, 5) is 14.0. The maximum atomic E-state index is 12.6. The molecule has 0 aliphatic heterocycles. The number of hydrogen-bond acceptors (Lipinski definition) is 1. The SMILES string of the molecule is CN(Cc1ccc(C(F)(F)F)cc1)C(=O)Cc1ccc2ccccc2c1. The van der Waals surface area contributed by atoms with Crippen LogP contribution in [0.5, 0.6) is 0 Å². The second-order valence-corrected chi connectivity index (χ2v) is 6.30. The quantitative estimate of drug-likeness (QED) is 0.639. The molecule has 3 aromatic rings. The monoisotopic (exact) mass is 357 g/mol. The van der Waals surface area contributed by atoms with Gasteiger partial charge in [-0.1, -0.05) is 54.6 Å². The summed E-state index contributed by atoms with van der Waals surface area (Å²) in [5, 5.41) is 2.19. The van der Waals surface area contributed by atoms with Gasteiger partial charge in [0, 0.05) is 13.6 Å². The zero-order chi connectivity index (χ0) is 18.7. The molecular weight excluding hydrogens is 339 g/mol. The van der Waals surface area contributed by atoms with Gasteiger partial charge in [0.1, 0.15) is 0 Å². The first-order chi connectivity index (χ1) is 12.3. The van der Waals surface area contributed by atoms with Crippen molar-refractivity contribution in [2.75, 3.05) is 7.05 Å². The van der Waals surface area contributed by atoms with Gasteiger partial charge in [-0.3, -0.25) is 4.79 Å². The Bertz CT molecular complexity index is 916. The molecule has 2 nitrogen and oxygen atoms in total. The molecule has 0 atom stereocenters. The van der Waals surface area contributed by atoms with Crippen molar-refractivity contribution in [2.24, 2.45) is 0 Å². The number of carbonyl (C=O) groups is 1. The van der Waals surface area contributed by atoms with E-state index in [0.29, 0.717) is 5.56 Å². The molecule has 3 rings (SSSR count). The molecule has 0 bridgehead atoms. The maximum Gasteiger partial charge on any atom is 0.416 e.